The number of nitrogens with one attached hydrogen (secondary N) is 1. The van der Waals surface area contributed by atoms with Gasteiger partial charge in [0.25, 0.3) is 0 Å². The minimum atomic E-state index is -0.378. The van der Waals surface area contributed by atoms with E-state index in [-0.39, 0.29) is 11.8 Å². The fourth-order valence-electron chi connectivity index (χ4n) is 3.29. The van der Waals surface area contributed by atoms with Crippen molar-refractivity contribution in [1.82, 2.24) is 10.2 Å². The second-order valence-electron chi connectivity index (χ2n) is 6.44. The lowest BCUT2D eigenvalue weighted by atomic mass is 9.84. The average molecular weight is 393 g/mol. The summed E-state index contributed by atoms with van der Waals surface area (Å²) in [5.74, 6) is 0.745. The third-order valence-corrected chi connectivity index (χ3v) is 5.04. The molecule has 0 bridgehead atoms. The number of aromatic nitrogens is 2. The van der Waals surface area contributed by atoms with Gasteiger partial charge in [0.2, 0.25) is 11.8 Å². The van der Waals surface area contributed by atoms with Crippen LogP contribution in [0.2, 0.25) is 5.02 Å². The molecule has 0 unspecified atom stereocenters. The summed E-state index contributed by atoms with van der Waals surface area (Å²) >= 11 is 6.20. The minimum Gasteiger partial charge on any atom is -0.489 e. The number of hydrogen-bond donors (Lipinski definition) is 2. The van der Waals surface area contributed by atoms with Gasteiger partial charge in [-0.25, -0.2) is 0 Å². The number of nitriles is 1. The zero-order valence-corrected chi connectivity index (χ0v) is 15.8. The lowest BCUT2D eigenvalue weighted by Gasteiger charge is -2.24. The monoisotopic (exact) mass is 392 g/mol. The van der Waals surface area contributed by atoms with E-state index < -0.39 is 0 Å². The van der Waals surface area contributed by atoms with Crippen molar-refractivity contribution in [2.45, 2.75) is 19.4 Å². The molecule has 140 valence electrons. The normalized spacial score (nSPS) is 15.5. The Morgan fingerprint density at radius 3 is 2.89 bits per heavy atom. The second-order valence-corrected chi connectivity index (χ2v) is 6.85. The van der Waals surface area contributed by atoms with Gasteiger partial charge in [-0.3, -0.25) is 5.10 Å². The van der Waals surface area contributed by atoms with Crippen LogP contribution in [0.4, 0.5) is 0 Å². The van der Waals surface area contributed by atoms with Crippen molar-refractivity contribution in [1.29, 1.82) is 5.26 Å². The Morgan fingerprint density at radius 2 is 2.11 bits per heavy atom. The molecule has 3 N–H and O–H groups in total. The number of hydrogen-bond acceptors (Lipinski definition) is 5. The maximum atomic E-state index is 9.65. The fourth-order valence-corrected chi connectivity index (χ4v) is 3.48. The topological polar surface area (TPSA) is 97.0 Å². The van der Waals surface area contributed by atoms with Gasteiger partial charge in [0, 0.05) is 21.8 Å². The SMILES string of the molecule is Cc1[nH]nc2c1[C@H](c1cccc(OCc3ccccc3Cl)c1)C(C#N)=C(N)O2. The molecule has 0 amide bonds. The molecule has 1 aromatic heterocycles. The molecular formula is C21H17ClN4O2. The number of fused-ring (bicyclic) bond motifs is 1. The van der Waals surface area contributed by atoms with Gasteiger partial charge in [0.05, 0.1) is 5.92 Å². The Hall–Kier alpha value is -3.43. The molecule has 0 aliphatic carbocycles. The third-order valence-electron chi connectivity index (χ3n) is 4.67. The number of nitrogens with two attached hydrogens (primary N) is 1. The van der Waals surface area contributed by atoms with Crippen LogP contribution < -0.4 is 15.2 Å². The summed E-state index contributed by atoms with van der Waals surface area (Å²) in [5, 5.41) is 17.4. The molecule has 4 rings (SSSR count). The zero-order valence-electron chi connectivity index (χ0n) is 15.1. The number of nitrogens with zero attached hydrogens (tertiary/aromatic N) is 2. The van der Waals surface area contributed by atoms with Crippen LogP contribution in [0.25, 0.3) is 0 Å². The Kier molecular flexibility index (Phi) is 4.68. The van der Waals surface area contributed by atoms with E-state index >= 15 is 0 Å². The highest BCUT2D eigenvalue weighted by Crippen LogP contribution is 2.43. The Balaban J connectivity index is 1.68. The molecule has 0 fully saturated rings. The molecule has 0 saturated carbocycles. The fraction of sp³-hybridized carbons (Fsp3) is 0.143. The maximum Gasteiger partial charge on any atom is 0.244 e. The summed E-state index contributed by atoms with van der Waals surface area (Å²) in [6, 6.07) is 17.3. The third kappa shape index (κ3) is 3.17. The number of halogens is 1. The lowest BCUT2D eigenvalue weighted by molar-refractivity contribution is 0.306. The number of ether oxygens (including phenoxy) is 2. The minimum absolute atomic E-state index is 0.0638. The first-order valence-corrected chi connectivity index (χ1v) is 9.05. The van der Waals surface area contributed by atoms with Gasteiger partial charge in [-0.1, -0.05) is 41.9 Å². The molecule has 0 radical (unpaired) electrons. The summed E-state index contributed by atoms with van der Waals surface area (Å²) < 4.78 is 11.4. The molecule has 7 heteroatoms. The van der Waals surface area contributed by atoms with Gasteiger partial charge in [0.15, 0.2) is 0 Å². The van der Waals surface area contributed by atoms with Gasteiger partial charge < -0.3 is 15.2 Å². The van der Waals surface area contributed by atoms with Crippen LogP contribution in [-0.2, 0) is 6.61 Å². The molecule has 0 spiro atoms. The van der Waals surface area contributed by atoms with Crippen molar-refractivity contribution < 1.29 is 9.47 Å². The average Bonchev–Trinajstić information content (AvgIpc) is 3.06. The Morgan fingerprint density at radius 1 is 1.29 bits per heavy atom. The lowest BCUT2D eigenvalue weighted by Crippen LogP contribution is -2.21. The molecule has 1 aliphatic rings. The van der Waals surface area contributed by atoms with E-state index in [9.17, 15) is 5.26 Å². The van der Waals surface area contributed by atoms with E-state index in [1.165, 1.54) is 0 Å². The molecule has 1 aliphatic heterocycles. The molecule has 0 saturated heterocycles. The molecule has 2 aromatic carbocycles. The summed E-state index contributed by atoms with van der Waals surface area (Å²) in [6.45, 7) is 2.23. The molecular weight excluding hydrogens is 376 g/mol. The van der Waals surface area contributed by atoms with Crippen LogP contribution in [0.15, 0.2) is 60.0 Å². The van der Waals surface area contributed by atoms with E-state index in [2.05, 4.69) is 16.3 Å². The number of H-pyrrole nitrogens is 1. The van der Waals surface area contributed by atoms with E-state index in [0.717, 1.165) is 22.4 Å². The quantitative estimate of drug-likeness (QED) is 0.694. The highest BCUT2D eigenvalue weighted by Gasteiger charge is 2.34. The molecule has 2 heterocycles. The first kappa shape index (κ1) is 18.0. The second kappa shape index (κ2) is 7.29. The van der Waals surface area contributed by atoms with Crippen LogP contribution >= 0.6 is 11.6 Å². The van der Waals surface area contributed by atoms with Crippen LogP contribution in [0.5, 0.6) is 11.6 Å². The number of allylic oxidation sites excluding steroid dienone is 1. The van der Waals surface area contributed by atoms with Crippen molar-refractivity contribution >= 4 is 11.6 Å². The van der Waals surface area contributed by atoms with Crippen LogP contribution in [-0.4, -0.2) is 10.2 Å². The first-order valence-electron chi connectivity index (χ1n) is 8.67. The highest BCUT2D eigenvalue weighted by atomic mass is 35.5. The maximum absolute atomic E-state index is 9.65. The van der Waals surface area contributed by atoms with Crippen LogP contribution in [0.3, 0.4) is 0 Å². The van der Waals surface area contributed by atoms with Gasteiger partial charge in [0.1, 0.15) is 24.0 Å². The van der Waals surface area contributed by atoms with Gasteiger partial charge in [-0.15, -0.1) is 5.10 Å². The zero-order chi connectivity index (χ0) is 19.7. The number of rotatable bonds is 4. The van der Waals surface area contributed by atoms with Gasteiger partial charge in [-0.05, 0) is 30.7 Å². The number of aryl methyl sites for hydroxylation is 1. The predicted octanol–water partition coefficient (Wildman–Crippen LogP) is 4.17. The Bertz CT molecular complexity index is 1110. The summed E-state index contributed by atoms with van der Waals surface area (Å²) in [7, 11) is 0. The predicted molar refractivity (Wildman–Crippen MR) is 105 cm³/mol. The van der Waals surface area contributed by atoms with Gasteiger partial charge >= 0.3 is 0 Å². The van der Waals surface area contributed by atoms with Crippen molar-refractivity contribution in [3.05, 3.63) is 87.4 Å². The number of benzene rings is 2. The molecule has 1 atom stereocenters. The van der Waals surface area contributed by atoms with E-state index in [1.54, 1.807) is 0 Å². The highest BCUT2D eigenvalue weighted by molar-refractivity contribution is 6.31. The molecule has 28 heavy (non-hydrogen) atoms. The smallest absolute Gasteiger partial charge is 0.244 e. The van der Waals surface area contributed by atoms with E-state index in [4.69, 9.17) is 26.8 Å². The van der Waals surface area contributed by atoms with Gasteiger partial charge in [-0.2, -0.15) is 5.26 Å². The Labute approximate surface area is 167 Å². The van der Waals surface area contributed by atoms with E-state index in [1.807, 2.05) is 55.5 Å². The molecule has 3 aromatic rings. The van der Waals surface area contributed by atoms with Crippen LogP contribution in [0, 0.1) is 18.3 Å². The van der Waals surface area contributed by atoms with Crippen molar-refractivity contribution in [3.63, 3.8) is 0 Å². The largest absolute Gasteiger partial charge is 0.489 e. The van der Waals surface area contributed by atoms with Crippen molar-refractivity contribution in [2.24, 2.45) is 5.73 Å². The first-order chi connectivity index (χ1) is 13.6. The molecule has 6 nitrogen and oxygen atoms in total. The summed E-state index contributed by atoms with van der Waals surface area (Å²) in [5.41, 5.74) is 9.70. The standard InChI is InChI=1S/C21H17ClN4O2/c1-12-18-19(16(10-23)20(24)28-21(18)26-25-12)13-6-4-7-15(9-13)27-11-14-5-2-3-8-17(14)22/h2-9,19H,11,24H2,1H3,(H,25,26)/t19-/m1/s1. The summed E-state index contributed by atoms with van der Waals surface area (Å²) in [6.07, 6.45) is 0. The van der Waals surface area contributed by atoms with Crippen molar-refractivity contribution in [3.8, 4) is 17.7 Å². The van der Waals surface area contributed by atoms with E-state index in [0.29, 0.717) is 28.8 Å². The van der Waals surface area contributed by atoms with Crippen molar-refractivity contribution in [2.75, 3.05) is 0 Å². The van der Waals surface area contributed by atoms with Crippen LogP contribution in [0.1, 0.15) is 28.3 Å². The summed E-state index contributed by atoms with van der Waals surface area (Å²) in [4.78, 5) is 0. The number of aromatic amines is 1.